The Kier molecular flexibility index (Phi) is 8.61. The van der Waals surface area contributed by atoms with Gasteiger partial charge in [-0.05, 0) is 49.9 Å². The highest BCUT2D eigenvalue weighted by atomic mass is 16.7. The van der Waals surface area contributed by atoms with E-state index in [-0.39, 0.29) is 37.4 Å². The lowest BCUT2D eigenvalue weighted by molar-refractivity contribution is 0.0341. The molecule has 0 radical (unpaired) electrons. The van der Waals surface area contributed by atoms with Crippen LogP contribution in [0.4, 0.5) is 16.2 Å². The summed E-state index contributed by atoms with van der Waals surface area (Å²) in [5.74, 6) is 1.37. The van der Waals surface area contributed by atoms with Crippen molar-refractivity contribution >= 4 is 23.3 Å². The molecule has 0 saturated heterocycles. The number of nitrogens with zero attached hydrogens (tertiary/aromatic N) is 2. The first-order chi connectivity index (χ1) is 19.8. The van der Waals surface area contributed by atoms with Gasteiger partial charge >= 0.3 is 6.03 Å². The van der Waals surface area contributed by atoms with Crippen LogP contribution in [0.2, 0.25) is 0 Å². The van der Waals surface area contributed by atoms with Crippen LogP contribution in [0.1, 0.15) is 29.8 Å². The molecule has 3 N–H and O–H groups in total. The van der Waals surface area contributed by atoms with Crippen LogP contribution in [-0.4, -0.2) is 72.5 Å². The van der Waals surface area contributed by atoms with E-state index < -0.39 is 6.03 Å². The van der Waals surface area contributed by atoms with E-state index in [4.69, 9.17) is 14.2 Å². The molecule has 3 atom stereocenters. The monoisotopic (exact) mass is 560 g/mol. The summed E-state index contributed by atoms with van der Waals surface area (Å²) in [5.41, 5.74) is 2.50. The van der Waals surface area contributed by atoms with Gasteiger partial charge in [-0.1, -0.05) is 37.3 Å². The summed E-state index contributed by atoms with van der Waals surface area (Å²) in [7, 11) is 2.05. The van der Waals surface area contributed by atoms with Crippen LogP contribution >= 0.6 is 0 Å². The third-order valence-electron chi connectivity index (χ3n) is 7.34. The third kappa shape index (κ3) is 6.72. The van der Waals surface area contributed by atoms with Crippen molar-refractivity contribution in [2.75, 3.05) is 44.2 Å². The molecule has 0 spiro atoms. The molecule has 2 aliphatic heterocycles. The number of hydrogen-bond acceptors (Lipinski definition) is 7. The third-order valence-corrected chi connectivity index (χ3v) is 7.34. The maximum absolute atomic E-state index is 13.7. The summed E-state index contributed by atoms with van der Waals surface area (Å²) in [4.78, 5) is 30.4. The summed E-state index contributed by atoms with van der Waals surface area (Å²) in [6.07, 6.45) is -0.211. The van der Waals surface area contributed by atoms with Gasteiger partial charge in [0, 0.05) is 43.0 Å². The molecule has 10 nitrogen and oxygen atoms in total. The Balaban J connectivity index is 1.34. The van der Waals surface area contributed by atoms with Gasteiger partial charge in [0.1, 0.15) is 11.9 Å². The highest BCUT2D eigenvalue weighted by Gasteiger charge is 2.33. The van der Waals surface area contributed by atoms with E-state index in [0.29, 0.717) is 47.3 Å². The maximum Gasteiger partial charge on any atom is 0.323 e. The van der Waals surface area contributed by atoms with Crippen LogP contribution in [0.3, 0.4) is 0 Å². The van der Waals surface area contributed by atoms with Gasteiger partial charge in [0.2, 0.25) is 6.79 Å². The number of hydrogen-bond donors (Lipinski definition) is 3. The Morgan fingerprint density at radius 1 is 1.02 bits per heavy atom. The number of benzene rings is 3. The molecule has 0 aromatic heterocycles. The zero-order valence-electron chi connectivity index (χ0n) is 23.5. The molecule has 0 unspecified atom stereocenters. The Morgan fingerprint density at radius 3 is 2.44 bits per heavy atom. The Morgan fingerprint density at radius 2 is 1.71 bits per heavy atom. The molecule has 216 valence electrons. The van der Waals surface area contributed by atoms with Crippen molar-refractivity contribution in [3.8, 4) is 17.2 Å². The molecule has 0 aliphatic carbocycles. The zero-order chi connectivity index (χ0) is 28.9. The lowest BCUT2D eigenvalue weighted by Gasteiger charge is -2.38. The number of nitrogens with one attached hydrogen (secondary N) is 2. The molecule has 2 heterocycles. The number of urea groups is 1. The van der Waals surface area contributed by atoms with Gasteiger partial charge < -0.3 is 34.9 Å². The first-order valence-electron chi connectivity index (χ1n) is 13.7. The minimum Gasteiger partial charge on any atom is -0.488 e. The molecular formula is C31H36N4O6. The number of anilines is 2. The fraction of sp³-hybridized carbons (Fsp3) is 0.355. The van der Waals surface area contributed by atoms with Crippen LogP contribution < -0.4 is 24.8 Å². The summed E-state index contributed by atoms with van der Waals surface area (Å²) < 4.78 is 17.2. The lowest BCUT2D eigenvalue weighted by atomic mass is 9.99. The standard InChI is InChI=1S/C31H36N4O6/c1-20-15-35(21(2)18-36)30(37)25-13-23(32-31(38)33-24-10-12-27-28(14-24)40-19-39-27)9-11-26(25)41-29(20)17-34(3)16-22-7-5-4-6-8-22/h4-14,20-21,29,36H,15-19H2,1-3H3,(H2,32,33,38)/t20-,21+,29+/m1/s1. The van der Waals surface area contributed by atoms with Crippen molar-refractivity contribution in [3.63, 3.8) is 0 Å². The molecule has 5 rings (SSSR count). The molecule has 2 aliphatic rings. The van der Waals surface area contributed by atoms with Gasteiger partial charge in [-0.25, -0.2) is 4.79 Å². The highest BCUT2D eigenvalue weighted by Crippen LogP contribution is 2.34. The van der Waals surface area contributed by atoms with Crippen molar-refractivity contribution in [2.45, 2.75) is 32.5 Å². The number of fused-ring (bicyclic) bond motifs is 2. The minimum absolute atomic E-state index is 0.00426. The normalized spacial score (nSPS) is 18.7. The van der Waals surface area contributed by atoms with Crippen LogP contribution in [0, 0.1) is 5.92 Å². The van der Waals surface area contributed by atoms with E-state index in [1.165, 1.54) is 5.56 Å². The molecule has 3 aromatic carbocycles. The number of likely N-dealkylation sites (N-methyl/N-ethyl adjacent to an activating group) is 1. The molecular weight excluding hydrogens is 524 g/mol. The van der Waals surface area contributed by atoms with Crippen molar-refractivity contribution in [1.29, 1.82) is 0 Å². The molecule has 0 bridgehead atoms. The van der Waals surface area contributed by atoms with Gasteiger partial charge in [0.25, 0.3) is 5.91 Å². The SMILES string of the molecule is C[C@@H]1CN([C@@H](C)CO)C(=O)c2cc(NC(=O)Nc3ccc4c(c3)OCO4)ccc2O[C@H]1CN(C)Cc1ccccc1. The second-order valence-corrected chi connectivity index (χ2v) is 10.7. The first kappa shape index (κ1) is 28.3. The minimum atomic E-state index is -0.474. The topological polar surface area (TPSA) is 113 Å². The Hall–Kier alpha value is -4.28. The van der Waals surface area contributed by atoms with Crippen molar-refractivity contribution in [3.05, 3.63) is 77.9 Å². The lowest BCUT2D eigenvalue weighted by Crippen LogP contribution is -2.49. The van der Waals surface area contributed by atoms with E-state index in [2.05, 4.69) is 34.6 Å². The number of aliphatic hydroxyl groups excluding tert-OH is 1. The summed E-state index contributed by atoms with van der Waals surface area (Å²) in [5, 5.41) is 15.5. The van der Waals surface area contributed by atoms with Crippen molar-refractivity contribution in [1.82, 2.24) is 9.80 Å². The number of amides is 3. The predicted octanol–water partition coefficient (Wildman–Crippen LogP) is 4.41. The molecule has 3 aromatic rings. The molecule has 10 heteroatoms. The fourth-order valence-electron chi connectivity index (χ4n) is 5.05. The van der Waals surface area contributed by atoms with Crippen molar-refractivity contribution < 1.29 is 28.9 Å². The predicted molar refractivity (Wildman–Crippen MR) is 156 cm³/mol. The van der Waals surface area contributed by atoms with Gasteiger partial charge in [0.15, 0.2) is 11.5 Å². The number of carbonyl (C=O) groups is 2. The van der Waals surface area contributed by atoms with E-state index in [9.17, 15) is 14.7 Å². The number of aliphatic hydroxyl groups is 1. The zero-order valence-corrected chi connectivity index (χ0v) is 23.5. The van der Waals surface area contributed by atoms with E-state index >= 15 is 0 Å². The highest BCUT2D eigenvalue weighted by molar-refractivity contribution is 6.02. The average Bonchev–Trinajstić information content (AvgIpc) is 3.43. The second-order valence-electron chi connectivity index (χ2n) is 10.7. The molecule has 0 saturated carbocycles. The van der Waals surface area contributed by atoms with Gasteiger partial charge in [0.05, 0.1) is 18.2 Å². The first-order valence-corrected chi connectivity index (χ1v) is 13.7. The van der Waals surface area contributed by atoms with Crippen LogP contribution in [0.5, 0.6) is 17.2 Å². The van der Waals surface area contributed by atoms with Crippen LogP contribution in [0.15, 0.2) is 66.7 Å². The van der Waals surface area contributed by atoms with Crippen molar-refractivity contribution in [2.24, 2.45) is 5.92 Å². The number of ether oxygens (including phenoxy) is 3. The second kappa shape index (κ2) is 12.5. The van der Waals surface area contributed by atoms with E-state index in [0.717, 1.165) is 6.54 Å². The van der Waals surface area contributed by atoms with Gasteiger partial charge in [-0.3, -0.25) is 9.69 Å². The molecule has 41 heavy (non-hydrogen) atoms. The van der Waals surface area contributed by atoms with Crippen LogP contribution in [-0.2, 0) is 6.54 Å². The number of carbonyl (C=O) groups excluding carboxylic acids is 2. The molecule has 3 amide bonds. The van der Waals surface area contributed by atoms with E-state index in [1.807, 2.05) is 32.2 Å². The van der Waals surface area contributed by atoms with Gasteiger partial charge in [-0.2, -0.15) is 0 Å². The van der Waals surface area contributed by atoms with Crippen LogP contribution in [0.25, 0.3) is 0 Å². The summed E-state index contributed by atoms with van der Waals surface area (Å²) >= 11 is 0. The Labute approximate surface area is 239 Å². The summed E-state index contributed by atoms with van der Waals surface area (Å²) in [6, 6.07) is 19.5. The molecule has 0 fully saturated rings. The summed E-state index contributed by atoms with van der Waals surface area (Å²) in [6.45, 7) is 5.69. The smallest absolute Gasteiger partial charge is 0.323 e. The largest absolute Gasteiger partial charge is 0.488 e. The Bertz CT molecular complexity index is 1380. The average molecular weight is 561 g/mol. The number of rotatable bonds is 8. The van der Waals surface area contributed by atoms with E-state index in [1.54, 1.807) is 41.3 Å². The quantitative estimate of drug-likeness (QED) is 0.374. The van der Waals surface area contributed by atoms with Gasteiger partial charge in [-0.15, -0.1) is 0 Å². The maximum atomic E-state index is 13.7. The fourth-order valence-corrected chi connectivity index (χ4v) is 5.05.